The molecule has 1 heterocycles. The van der Waals surface area contributed by atoms with Crippen LogP contribution in [0, 0.1) is 0 Å². The quantitative estimate of drug-likeness (QED) is 0.646. The first kappa shape index (κ1) is 21.4. The molecule has 2 rings (SSSR count). The number of anilines is 1. The first-order valence-electron chi connectivity index (χ1n) is 7.78. The van der Waals surface area contributed by atoms with Crippen molar-refractivity contribution in [1.29, 1.82) is 0 Å². The molecule has 11 heteroatoms. The second-order valence-corrected chi connectivity index (χ2v) is 7.17. The van der Waals surface area contributed by atoms with E-state index >= 15 is 0 Å². The Morgan fingerprint density at radius 2 is 1.86 bits per heavy atom. The highest BCUT2D eigenvalue weighted by atomic mass is 32.2. The molecule has 0 saturated carbocycles. The molecule has 0 saturated heterocycles. The number of nitrogens with zero attached hydrogens (tertiary/aromatic N) is 1. The van der Waals surface area contributed by atoms with Gasteiger partial charge in [0.25, 0.3) is 5.91 Å². The van der Waals surface area contributed by atoms with E-state index in [0.29, 0.717) is 0 Å². The lowest BCUT2D eigenvalue weighted by molar-refractivity contribution is -0.154. The number of amides is 1. The molecule has 0 bridgehead atoms. The fourth-order valence-electron chi connectivity index (χ4n) is 1.94. The molecule has 0 fully saturated rings. The molecule has 1 aromatic carbocycles. The molecule has 2 aromatic rings. The van der Waals surface area contributed by atoms with Gasteiger partial charge >= 0.3 is 6.18 Å². The van der Waals surface area contributed by atoms with Gasteiger partial charge in [-0.1, -0.05) is 6.08 Å². The number of pyridine rings is 1. The number of benzene rings is 1. The first-order valence-corrected chi connectivity index (χ1v) is 9.26. The summed E-state index contributed by atoms with van der Waals surface area (Å²) < 4.78 is 67.0. The zero-order valence-electron chi connectivity index (χ0n) is 14.4. The summed E-state index contributed by atoms with van der Waals surface area (Å²) in [7, 11) is -3.70. The smallest absolute Gasteiger partial charge is 0.422 e. The topological polar surface area (TPSA) is 97.4 Å². The number of sulfonamides is 1. The van der Waals surface area contributed by atoms with Gasteiger partial charge in [0.05, 0.1) is 16.8 Å². The maximum absolute atomic E-state index is 12.2. The summed E-state index contributed by atoms with van der Waals surface area (Å²) in [6.07, 6.45) is -1.94. The van der Waals surface area contributed by atoms with E-state index in [-0.39, 0.29) is 28.6 Å². The average molecular weight is 415 g/mol. The van der Waals surface area contributed by atoms with E-state index in [2.05, 4.69) is 26.3 Å². The molecular formula is C17H16F3N3O4S. The predicted molar refractivity (Wildman–Crippen MR) is 95.6 cm³/mol. The van der Waals surface area contributed by atoms with Crippen molar-refractivity contribution in [3.8, 4) is 5.88 Å². The molecule has 1 aromatic heterocycles. The lowest BCUT2D eigenvalue weighted by Gasteiger charge is -2.09. The molecule has 0 radical (unpaired) electrons. The van der Waals surface area contributed by atoms with Gasteiger partial charge in [-0.15, -0.1) is 6.58 Å². The van der Waals surface area contributed by atoms with Crippen LogP contribution in [0.5, 0.6) is 5.88 Å². The van der Waals surface area contributed by atoms with E-state index < -0.39 is 28.7 Å². The predicted octanol–water partition coefficient (Wildman–Crippen LogP) is 2.74. The zero-order valence-corrected chi connectivity index (χ0v) is 15.2. The normalized spacial score (nSPS) is 11.7. The minimum absolute atomic E-state index is 0.0151. The molecule has 0 aliphatic rings. The highest BCUT2D eigenvalue weighted by Gasteiger charge is 2.28. The van der Waals surface area contributed by atoms with Crippen molar-refractivity contribution >= 4 is 21.6 Å². The van der Waals surface area contributed by atoms with Crippen LogP contribution < -0.4 is 14.8 Å². The Labute approximate surface area is 159 Å². The van der Waals surface area contributed by atoms with Crippen LogP contribution in [-0.2, 0) is 10.0 Å². The Hall–Kier alpha value is -2.92. The fraction of sp³-hybridized carbons (Fsp3) is 0.176. The Balaban J connectivity index is 2.00. The van der Waals surface area contributed by atoms with Gasteiger partial charge in [-0.05, 0) is 30.3 Å². The molecular weight excluding hydrogens is 399 g/mol. The van der Waals surface area contributed by atoms with Crippen molar-refractivity contribution in [1.82, 2.24) is 9.71 Å². The third kappa shape index (κ3) is 6.35. The number of alkyl halides is 3. The Morgan fingerprint density at radius 1 is 1.18 bits per heavy atom. The summed E-state index contributed by atoms with van der Waals surface area (Å²) in [5.41, 5.74) is 0.411. The van der Waals surface area contributed by atoms with Gasteiger partial charge < -0.3 is 10.1 Å². The molecule has 7 nitrogen and oxygen atoms in total. The molecule has 1 amide bonds. The highest BCUT2D eigenvalue weighted by molar-refractivity contribution is 7.89. The lowest BCUT2D eigenvalue weighted by Crippen LogP contribution is -2.23. The highest BCUT2D eigenvalue weighted by Crippen LogP contribution is 2.18. The summed E-state index contributed by atoms with van der Waals surface area (Å²) in [5, 5.41) is 2.49. The van der Waals surface area contributed by atoms with Gasteiger partial charge in [-0.25, -0.2) is 18.1 Å². The Bertz CT molecular complexity index is 928. The minimum atomic E-state index is -4.48. The number of aromatic nitrogens is 1. The monoisotopic (exact) mass is 415 g/mol. The summed E-state index contributed by atoms with van der Waals surface area (Å²) in [4.78, 5) is 15.8. The van der Waals surface area contributed by atoms with Crippen LogP contribution in [-0.4, -0.2) is 38.6 Å². The average Bonchev–Trinajstić information content (AvgIpc) is 2.65. The van der Waals surface area contributed by atoms with Crippen molar-refractivity contribution in [2.45, 2.75) is 11.1 Å². The third-order valence-electron chi connectivity index (χ3n) is 3.22. The second-order valence-electron chi connectivity index (χ2n) is 5.41. The van der Waals surface area contributed by atoms with Gasteiger partial charge in [0.2, 0.25) is 15.9 Å². The van der Waals surface area contributed by atoms with Gasteiger partial charge in [0.15, 0.2) is 6.61 Å². The fourth-order valence-corrected chi connectivity index (χ4v) is 2.93. The number of hydrogen-bond acceptors (Lipinski definition) is 5. The number of carbonyl (C=O) groups is 1. The van der Waals surface area contributed by atoms with Crippen LogP contribution in [0.2, 0.25) is 0 Å². The number of nitrogens with one attached hydrogen (secondary N) is 2. The first-order chi connectivity index (χ1) is 13.1. The standard InChI is InChI=1S/C17H16F3N3O4S/c1-2-9-22-28(25,26)14-6-3-12(4-7-14)16(24)23-13-5-8-15(21-10-13)27-11-17(18,19)20/h2-8,10,22H,1,9,11H2,(H,23,24). The van der Waals surface area contributed by atoms with Crippen LogP contribution in [0.15, 0.2) is 60.1 Å². The van der Waals surface area contributed by atoms with E-state index in [1.165, 1.54) is 42.5 Å². The summed E-state index contributed by atoms with van der Waals surface area (Å²) in [6.45, 7) is 2.02. The molecule has 28 heavy (non-hydrogen) atoms. The van der Waals surface area contributed by atoms with Crippen LogP contribution in [0.25, 0.3) is 0 Å². The number of rotatable bonds is 8. The van der Waals surface area contributed by atoms with Crippen molar-refractivity contribution in [3.05, 3.63) is 60.8 Å². The maximum atomic E-state index is 12.2. The van der Waals surface area contributed by atoms with Gasteiger partial charge in [-0.3, -0.25) is 4.79 Å². The second kappa shape index (κ2) is 8.85. The molecule has 0 spiro atoms. The van der Waals surface area contributed by atoms with Crippen LogP contribution in [0.3, 0.4) is 0 Å². The van der Waals surface area contributed by atoms with Gasteiger partial charge in [0, 0.05) is 18.2 Å². The maximum Gasteiger partial charge on any atom is 0.422 e. The van der Waals surface area contributed by atoms with Crippen molar-refractivity contribution in [3.63, 3.8) is 0 Å². The zero-order chi connectivity index (χ0) is 20.8. The number of ether oxygens (including phenoxy) is 1. The Morgan fingerprint density at radius 3 is 2.39 bits per heavy atom. The van der Waals surface area contributed by atoms with Gasteiger partial charge in [-0.2, -0.15) is 13.2 Å². The number of carbonyl (C=O) groups excluding carboxylic acids is 1. The molecule has 0 atom stereocenters. The molecule has 150 valence electrons. The van der Waals surface area contributed by atoms with E-state index in [9.17, 15) is 26.4 Å². The number of hydrogen-bond donors (Lipinski definition) is 2. The van der Waals surface area contributed by atoms with Crippen LogP contribution in [0.4, 0.5) is 18.9 Å². The Kier molecular flexibility index (Phi) is 6.75. The third-order valence-corrected chi connectivity index (χ3v) is 4.66. The largest absolute Gasteiger partial charge is 0.468 e. The molecule has 0 aliphatic carbocycles. The van der Waals surface area contributed by atoms with E-state index in [1.807, 2.05) is 0 Å². The van der Waals surface area contributed by atoms with Crippen molar-refractivity contribution in [2.24, 2.45) is 0 Å². The molecule has 2 N–H and O–H groups in total. The summed E-state index contributed by atoms with van der Waals surface area (Å²) in [6, 6.07) is 7.70. The number of halogens is 3. The van der Waals surface area contributed by atoms with Crippen LogP contribution >= 0.6 is 0 Å². The van der Waals surface area contributed by atoms with E-state index in [4.69, 9.17) is 0 Å². The SMILES string of the molecule is C=CCNS(=O)(=O)c1ccc(C(=O)Nc2ccc(OCC(F)(F)F)nc2)cc1. The summed E-state index contributed by atoms with van der Waals surface area (Å²) >= 11 is 0. The van der Waals surface area contributed by atoms with Crippen molar-refractivity contribution in [2.75, 3.05) is 18.5 Å². The van der Waals surface area contributed by atoms with Gasteiger partial charge in [0.1, 0.15) is 0 Å². The minimum Gasteiger partial charge on any atom is -0.468 e. The molecule has 0 aliphatic heterocycles. The van der Waals surface area contributed by atoms with E-state index in [0.717, 1.165) is 6.20 Å². The molecule has 0 unspecified atom stereocenters. The van der Waals surface area contributed by atoms with Crippen molar-refractivity contribution < 1.29 is 31.1 Å². The van der Waals surface area contributed by atoms with Crippen LogP contribution in [0.1, 0.15) is 10.4 Å². The van der Waals surface area contributed by atoms with E-state index in [1.54, 1.807) is 0 Å². The summed E-state index contributed by atoms with van der Waals surface area (Å²) in [5.74, 6) is -0.786. The lowest BCUT2D eigenvalue weighted by atomic mass is 10.2.